The summed E-state index contributed by atoms with van der Waals surface area (Å²) in [5.74, 6) is -1.01. The molecule has 0 radical (unpaired) electrons. The van der Waals surface area contributed by atoms with Crippen LogP contribution in [0.4, 0.5) is 0 Å². The molecule has 0 aromatic carbocycles. The Labute approximate surface area is 111 Å². The Morgan fingerprint density at radius 2 is 2.00 bits per heavy atom. The predicted octanol–water partition coefficient (Wildman–Crippen LogP) is -0.491. The van der Waals surface area contributed by atoms with Crippen molar-refractivity contribution in [3.8, 4) is 0 Å². The SMILES string of the molecule is NC(=O)CN(C(=O)C1=NNC(=O)CC1)C1CCCC1. The number of hydrogen-bond donors (Lipinski definition) is 2. The molecule has 1 aliphatic carbocycles. The van der Waals surface area contributed by atoms with E-state index < -0.39 is 5.91 Å². The monoisotopic (exact) mass is 266 g/mol. The molecular formula is C12H18N4O3. The van der Waals surface area contributed by atoms with Crippen LogP contribution < -0.4 is 11.2 Å². The number of amides is 3. The molecule has 0 aromatic heterocycles. The van der Waals surface area contributed by atoms with Gasteiger partial charge >= 0.3 is 0 Å². The first-order chi connectivity index (χ1) is 9.08. The van der Waals surface area contributed by atoms with Crippen LogP contribution in [0.2, 0.25) is 0 Å². The Bertz CT molecular complexity index is 427. The molecule has 0 saturated heterocycles. The number of hydrazone groups is 1. The van der Waals surface area contributed by atoms with Gasteiger partial charge in [-0.15, -0.1) is 0 Å². The van der Waals surface area contributed by atoms with Gasteiger partial charge in [-0.25, -0.2) is 5.43 Å². The molecule has 19 heavy (non-hydrogen) atoms. The van der Waals surface area contributed by atoms with Crippen molar-refractivity contribution in [1.82, 2.24) is 10.3 Å². The van der Waals surface area contributed by atoms with Crippen LogP contribution in [0.1, 0.15) is 38.5 Å². The molecule has 2 aliphatic rings. The molecule has 3 amide bonds. The Morgan fingerprint density at radius 1 is 1.32 bits per heavy atom. The Balaban J connectivity index is 2.10. The Hall–Kier alpha value is -1.92. The van der Waals surface area contributed by atoms with Gasteiger partial charge in [0, 0.05) is 18.9 Å². The molecule has 3 N–H and O–H groups in total. The van der Waals surface area contributed by atoms with Crippen molar-refractivity contribution in [2.45, 2.75) is 44.6 Å². The van der Waals surface area contributed by atoms with E-state index in [9.17, 15) is 14.4 Å². The van der Waals surface area contributed by atoms with Gasteiger partial charge in [-0.1, -0.05) is 12.8 Å². The summed E-state index contributed by atoms with van der Waals surface area (Å²) in [6.07, 6.45) is 4.44. The highest BCUT2D eigenvalue weighted by Crippen LogP contribution is 2.24. The quantitative estimate of drug-likeness (QED) is 0.717. The lowest BCUT2D eigenvalue weighted by Crippen LogP contribution is -2.48. The van der Waals surface area contributed by atoms with Gasteiger partial charge in [0.1, 0.15) is 5.71 Å². The fourth-order valence-electron chi connectivity index (χ4n) is 2.54. The molecule has 1 aliphatic heterocycles. The molecular weight excluding hydrogens is 248 g/mol. The van der Waals surface area contributed by atoms with E-state index >= 15 is 0 Å². The van der Waals surface area contributed by atoms with E-state index in [1.165, 1.54) is 4.90 Å². The minimum Gasteiger partial charge on any atom is -0.368 e. The van der Waals surface area contributed by atoms with Crippen LogP contribution in [0.15, 0.2) is 5.10 Å². The number of nitrogens with zero attached hydrogens (tertiary/aromatic N) is 2. The van der Waals surface area contributed by atoms with E-state index in [0.29, 0.717) is 12.1 Å². The maximum absolute atomic E-state index is 12.4. The zero-order chi connectivity index (χ0) is 13.8. The number of nitrogens with two attached hydrogens (primary N) is 1. The molecule has 7 heteroatoms. The van der Waals surface area contributed by atoms with Crippen LogP contribution >= 0.6 is 0 Å². The second kappa shape index (κ2) is 5.81. The second-order valence-corrected chi connectivity index (χ2v) is 4.93. The molecule has 0 bridgehead atoms. The average Bonchev–Trinajstić information content (AvgIpc) is 2.89. The first-order valence-electron chi connectivity index (χ1n) is 6.52. The minimum absolute atomic E-state index is 0.0559. The highest BCUT2D eigenvalue weighted by Gasteiger charge is 2.31. The van der Waals surface area contributed by atoms with Crippen LogP contribution in [-0.4, -0.2) is 40.9 Å². The molecule has 0 spiro atoms. The lowest BCUT2D eigenvalue weighted by molar-refractivity contribution is -0.132. The zero-order valence-electron chi connectivity index (χ0n) is 10.7. The highest BCUT2D eigenvalue weighted by molar-refractivity contribution is 6.39. The van der Waals surface area contributed by atoms with Crippen LogP contribution in [0.3, 0.4) is 0 Å². The molecule has 0 aromatic rings. The largest absolute Gasteiger partial charge is 0.368 e. The number of carbonyl (C=O) groups excluding carboxylic acids is 3. The molecule has 1 heterocycles. The number of primary amides is 1. The predicted molar refractivity (Wildman–Crippen MR) is 68.0 cm³/mol. The number of hydrogen-bond acceptors (Lipinski definition) is 4. The third kappa shape index (κ3) is 3.30. The van der Waals surface area contributed by atoms with E-state index in [4.69, 9.17) is 5.73 Å². The fraction of sp³-hybridized carbons (Fsp3) is 0.667. The summed E-state index contributed by atoms with van der Waals surface area (Å²) in [5.41, 5.74) is 7.80. The lowest BCUT2D eigenvalue weighted by atomic mass is 10.1. The summed E-state index contributed by atoms with van der Waals surface area (Å²) >= 11 is 0. The van der Waals surface area contributed by atoms with Gasteiger partial charge in [0.2, 0.25) is 11.8 Å². The first-order valence-corrected chi connectivity index (χ1v) is 6.52. The topological polar surface area (TPSA) is 105 Å². The molecule has 1 saturated carbocycles. The minimum atomic E-state index is -0.527. The van der Waals surface area contributed by atoms with Crippen LogP contribution in [0.25, 0.3) is 0 Å². The zero-order valence-corrected chi connectivity index (χ0v) is 10.7. The van der Waals surface area contributed by atoms with Crippen molar-refractivity contribution < 1.29 is 14.4 Å². The summed E-state index contributed by atoms with van der Waals surface area (Å²) in [6, 6.07) is 0.0559. The summed E-state index contributed by atoms with van der Waals surface area (Å²) in [4.78, 5) is 36.0. The van der Waals surface area contributed by atoms with Crippen LogP contribution in [-0.2, 0) is 14.4 Å². The van der Waals surface area contributed by atoms with E-state index in [1.54, 1.807) is 0 Å². The van der Waals surface area contributed by atoms with Crippen LogP contribution in [0, 0.1) is 0 Å². The Kier molecular flexibility index (Phi) is 4.13. The van der Waals surface area contributed by atoms with Crippen molar-refractivity contribution in [2.24, 2.45) is 10.8 Å². The summed E-state index contributed by atoms with van der Waals surface area (Å²) in [6.45, 7) is -0.0868. The first kappa shape index (κ1) is 13.5. The second-order valence-electron chi connectivity index (χ2n) is 4.93. The summed E-state index contributed by atoms with van der Waals surface area (Å²) < 4.78 is 0. The average molecular weight is 266 g/mol. The molecule has 2 rings (SSSR count). The van der Waals surface area contributed by atoms with Gasteiger partial charge in [0.15, 0.2) is 0 Å². The number of nitrogens with one attached hydrogen (secondary N) is 1. The third-order valence-electron chi connectivity index (χ3n) is 3.50. The van der Waals surface area contributed by atoms with Gasteiger partial charge < -0.3 is 10.6 Å². The van der Waals surface area contributed by atoms with Crippen molar-refractivity contribution >= 4 is 23.4 Å². The van der Waals surface area contributed by atoms with Crippen molar-refractivity contribution in [2.75, 3.05) is 6.54 Å². The standard InChI is InChI=1S/C12H18N4O3/c13-10(17)7-16(8-3-1-2-4-8)12(19)9-5-6-11(18)15-14-9/h8H,1-7H2,(H2,13,17)(H,15,18). The van der Waals surface area contributed by atoms with E-state index in [1.807, 2.05) is 0 Å². The lowest BCUT2D eigenvalue weighted by Gasteiger charge is -2.28. The van der Waals surface area contributed by atoms with Gasteiger partial charge in [-0.05, 0) is 12.8 Å². The fourth-order valence-corrected chi connectivity index (χ4v) is 2.54. The van der Waals surface area contributed by atoms with Gasteiger partial charge in [-0.2, -0.15) is 5.10 Å². The van der Waals surface area contributed by atoms with E-state index in [2.05, 4.69) is 10.5 Å². The van der Waals surface area contributed by atoms with Crippen molar-refractivity contribution in [3.05, 3.63) is 0 Å². The maximum atomic E-state index is 12.4. The molecule has 0 atom stereocenters. The molecule has 7 nitrogen and oxygen atoms in total. The summed E-state index contributed by atoms with van der Waals surface area (Å²) in [5, 5.41) is 3.78. The smallest absolute Gasteiger partial charge is 0.270 e. The van der Waals surface area contributed by atoms with E-state index in [0.717, 1.165) is 25.7 Å². The number of rotatable bonds is 4. The Morgan fingerprint density at radius 3 is 2.53 bits per heavy atom. The van der Waals surface area contributed by atoms with Gasteiger partial charge in [0.05, 0.1) is 6.54 Å². The maximum Gasteiger partial charge on any atom is 0.270 e. The summed E-state index contributed by atoms with van der Waals surface area (Å²) in [7, 11) is 0. The van der Waals surface area contributed by atoms with E-state index in [-0.39, 0.29) is 30.8 Å². The highest BCUT2D eigenvalue weighted by atomic mass is 16.2. The molecule has 0 unspecified atom stereocenters. The normalized spacial score (nSPS) is 19.8. The van der Waals surface area contributed by atoms with Gasteiger partial charge in [-0.3, -0.25) is 14.4 Å². The van der Waals surface area contributed by atoms with Crippen molar-refractivity contribution in [3.63, 3.8) is 0 Å². The van der Waals surface area contributed by atoms with Crippen molar-refractivity contribution in [1.29, 1.82) is 0 Å². The molecule has 104 valence electrons. The number of carbonyl (C=O) groups is 3. The van der Waals surface area contributed by atoms with Crippen LogP contribution in [0.5, 0.6) is 0 Å². The van der Waals surface area contributed by atoms with Gasteiger partial charge in [0.25, 0.3) is 5.91 Å². The molecule has 1 fully saturated rings. The third-order valence-corrected chi connectivity index (χ3v) is 3.50.